The van der Waals surface area contributed by atoms with Gasteiger partial charge in [0.1, 0.15) is 0 Å². The van der Waals surface area contributed by atoms with Crippen LogP contribution in [0.1, 0.15) is 20.8 Å². The van der Waals surface area contributed by atoms with Gasteiger partial charge in [-0.1, -0.05) is 0 Å². The molecule has 0 aliphatic carbocycles. The fourth-order valence-corrected chi connectivity index (χ4v) is 1.19. The number of nitrogens with zero attached hydrogens (tertiary/aromatic N) is 1. The summed E-state index contributed by atoms with van der Waals surface area (Å²) >= 11 is 0. The second-order valence-corrected chi connectivity index (χ2v) is 3.02. The van der Waals surface area contributed by atoms with E-state index in [1.807, 2.05) is 0 Å². The van der Waals surface area contributed by atoms with Gasteiger partial charge in [0.25, 0.3) is 0 Å². The molecule has 13 heavy (non-hydrogen) atoms. The van der Waals surface area contributed by atoms with Crippen LogP contribution in [0.25, 0.3) is 0 Å². The first-order valence-electron chi connectivity index (χ1n) is 4.70. The number of ether oxygens (including phenoxy) is 2. The Morgan fingerprint density at radius 1 is 1.15 bits per heavy atom. The van der Waals surface area contributed by atoms with Gasteiger partial charge in [0.15, 0.2) is 0 Å². The fraction of sp³-hybridized carbons (Fsp3) is 0.889. The highest BCUT2D eigenvalue weighted by Gasteiger charge is 2.22. The van der Waals surface area contributed by atoms with Gasteiger partial charge in [-0.3, -0.25) is 4.48 Å². The Morgan fingerprint density at radius 3 is 1.92 bits per heavy atom. The third kappa shape index (κ3) is 3.63. The number of rotatable bonds is 5. The van der Waals surface area contributed by atoms with Gasteiger partial charge in [0.05, 0.1) is 26.7 Å². The molecule has 0 unspecified atom stereocenters. The van der Waals surface area contributed by atoms with Crippen molar-refractivity contribution < 1.29 is 18.8 Å². The molecule has 0 aliphatic heterocycles. The second kappa shape index (κ2) is 5.80. The first-order chi connectivity index (χ1) is 6.14. The van der Waals surface area contributed by atoms with Crippen LogP contribution in [0.3, 0.4) is 0 Å². The van der Waals surface area contributed by atoms with Gasteiger partial charge in [-0.15, -0.1) is 0 Å². The fourth-order valence-electron chi connectivity index (χ4n) is 1.19. The lowest BCUT2D eigenvalue weighted by atomic mass is 10.4. The number of hydrogen-bond donors (Lipinski definition) is 0. The molecular formula is C9H20NO3+. The Labute approximate surface area is 80.0 Å². The van der Waals surface area contributed by atoms with E-state index in [0.29, 0.717) is 6.73 Å². The number of quaternary nitrogens is 1. The molecular weight excluding hydrogens is 170 g/mol. The van der Waals surface area contributed by atoms with Crippen LogP contribution in [0.5, 0.6) is 0 Å². The van der Waals surface area contributed by atoms with Gasteiger partial charge >= 0.3 is 6.16 Å². The van der Waals surface area contributed by atoms with Gasteiger partial charge in [-0.25, -0.2) is 4.79 Å². The first-order valence-corrected chi connectivity index (χ1v) is 4.70. The van der Waals surface area contributed by atoms with Crippen LogP contribution < -0.4 is 0 Å². The van der Waals surface area contributed by atoms with E-state index < -0.39 is 6.16 Å². The smallest absolute Gasteiger partial charge is 0.437 e. The van der Waals surface area contributed by atoms with Gasteiger partial charge < -0.3 is 9.47 Å². The molecule has 0 spiro atoms. The maximum absolute atomic E-state index is 10.8. The van der Waals surface area contributed by atoms with E-state index in [2.05, 4.69) is 25.5 Å². The van der Waals surface area contributed by atoms with Crippen molar-refractivity contribution in [3.8, 4) is 0 Å². The van der Waals surface area contributed by atoms with E-state index in [4.69, 9.17) is 4.74 Å². The average molecular weight is 190 g/mol. The van der Waals surface area contributed by atoms with Crippen molar-refractivity contribution in [1.82, 2.24) is 0 Å². The van der Waals surface area contributed by atoms with Crippen LogP contribution in [0.2, 0.25) is 0 Å². The van der Waals surface area contributed by atoms with Crippen LogP contribution in [-0.2, 0) is 9.47 Å². The molecule has 78 valence electrons. The monoisotopic (exact) mass is 190 g/mol. The van der Waals surface area contributed by atoms with E-state index in [1.54, 1.807) is 0 Å². The van der Waals surface area contributed by atoms with Crippen molar-refractivity contribution in [2.45, 2.75) is 20.8 Å². The largest absolute Gasteiger partial charge is 0.512 e. The van der Waals surface area contributed by atoms with Crippen LogP contribution in [0.4, 0.5) is 4.79 Å². The molecule has 0 heterocycles. The predicted octanol–water partition coefficient (Wildman–Crippen LogP) is 1.60. The van der Waals surface area contributed by atoms with Crippen molar-refractivity contribution in [3.63, 3.8) is 0 Å². The lowest BCUT2D eigenvalue weighted by Gasteiger charge is -2.34. The van der Waals surface area contributed by atoms with E-state index >= 15 is 0 Å². The van der Waals surface area contributed by atoms with E-state index in [1.165, 1.54) is 7.11 Å². The molecule has 0 saturated carbocycles. The molecule has 0 aromatic heterocycles. The van der Waals surface area contributed by atoms with E-state index in [-0.39, 0.29) is 0 Å². The molecule has 0 fully saturated rings. The summed E-state index contributed by atoms with van der Waals surface area (Å²) in [5, 5.41) is 0. The van der Waals surface area contributed by atoms with Crippen molar-refractivity contribution in [1.29, 1.82) is 0 Å². The molecule has 0 radical (unpaired) electrons. The minimum Gasteiger partial charge on any atom is -0.437 e. The number of carbonyl (C=O) groups is 1. The summed E-state index contributed by atoms with van der Waals surface area (Å²) in [5.41, 5.74) is 0. The maximum atomic E-state index is 10.8. The third-order valence-corrected chi connectivity index (χ3v) is 2.64. The Hall–Kier alpha value is -0.770. The molecule has 0 rings (SSSR count). The lowest BCUT2D eigenvalue weighted by Crippen LogP contribution is -2.49. The quantitative estimate of drug-likeness (QED) is 0.375. The highest BCUT2D eigenvalue weighted by molar-refractivity contribution is 5.59. The van der Waals surface area contributed by atoms with Crippen molar-refractivity contribution in [2.75, 3.05) is 33.5 Å². The molecule has 0 aromatic carbocycles. The second-order valence-electron chi connectivity index (χ2n) is 3.02. The molecule has 0 atom stereocenters. The van der Waals surface area contributed by atoms with Gasteiger partial charge in [-0.05, 0) is 20.8 Å². The van der Waals surface area contributed by atoms with Crippen molar-refractivity contribution in [2.24, 2.45) is 0 Å². The summed E-state index contributed by atoms with van der Waals surface area (Å²) in [5.74, 6) is 0. The summed E-state index contributed by atoms with van der Waals surface area (Å²) in [6.45, 7) is 9.56. The number of hydrogen-bond acceptors (Lipinski definition) is 3. The van der Waals surface area contributed by atoms with Gasteiger partial charge in [0.2, 0.25) is 6.73 Å². The summed E-state index contributed by atoms with van der Waals surface area (Å²) in [6, 6.07) is 0. The van der Waals surface area contributed by atoms with Gasteiger partial charge in [0, 0.05) is 0 Å². The zero-order valence-corrected chi connectivity index (χ0v) is 9.00. The molecule has 0 bridgehead atoms. The number of methoxy groups -OCH3 is 1. The van der Waals surface area contributed by atoms with E-state index in [0.717, 1.165) is 24.1 Å². The van der Waals surface area contributed by atoms with E-state index in [9.17, 15) is 4.79 Å². The summed E-state index contributed by atoms with van der Waals surface area (Å²) in [4.78, 5) is 10.8. The first kappa shape index (κ1) is 12.2. The normalized spacial score (nSPS) is 11.1. The SMILES string of the molecule is CC[N+](CC)(CC)COC(=O)OC. The summed E-state index contributed by atoms with van der Waals surface area (Å²) < 4.78 is 10.1. The standard InChI is InChI=1S/C9H20NO3/c1-5-10(6-2,7-3)8-13-9(11)12-4/h5-8H2,1-4H3/q+1. The molecule has 0 amide bonds. The molecule has 0 saturated heterocycles. The predicted molar refractivity (Wildman–Crippen MR) is 50.2 cm³/mol. The third-order valence-electron chi connectivity index (χ3n) is 2.64. The Balaban J connectivity index is 4.02. The summed E-state index contributed by atoms with van der Waals surface area (Å²) in [7, 11) is 1.32. The van der Waals surface area contributed by atoms with Crippen LogP contribution in [0.15, 0.2) is 0 Å². The van der Waals surface area contributed by atoms with Gasteiger partial charge in [-0.2, -0.15) is 0 Å². The Morgan fingerprint density at radius 2 is 1.62 bits per heavy atom. The number of carbonyl (C=O) groups excluding carboxylic acids is 1. The Bertz CT molecular complexity index is 147. The zero-order valence-electron chi connectivity index (χ0n) is 9.00. The Kier molecular flexibility index (Phi) is 5.46. The molecule has 4 heteroatoms. The lowest BCUT2D eigenvalue weighted by molar-refractivity contribution is -0.939. The maximum Gasteiger partial charge on any atom is 0.512 e. The molecule has 4 nitrogen and oxygen atoms in total. The van der Waals surface area contributed by atoms with Crippen molar-refractivity contribution >= 4 is 6.16 Å². The zero-order chi connectivity index (χ0) is 10.3. The highest BCUT2D eigenvalue weighted by atomic mass is 16.7. The topological polar surface area (TPSA) is 35.5 Å². The summed E-state index contributed by atoms with van der Waals surface area (Å²) in [6.07, 6.45) is -0.599. The van der Waals surface area contributed by atoms with Crippen molar-refractivity contribution in [3.05, 3.63) is 0 Å². The minimum absolute atomic E-state index is 0.399. The van der Waals surface area contributed by atoms with Crippen LogP contribution in [0, 0.1) is 0 Å². The molecule has 0 aliphatic rings. The molecule has 0 aromatic rings. The average Bonchev–Trinajstić information content (AvgIpc) is 2.20. The van der Waals surface area contributed by atoms with Crippen LogP contribution >= 0.6 is 0 Å². The molecule has 0 N–H and O–H groups in total. The van der Waals surface area contributed by atoms with Crippen LogP contribution in [-0.4, -0.2) is 44.1 Å². The highest BCUT2D eigenvalue weighted by Crippen LogP contribution is 2.05. The minimum atomic E-state index is -0.599.